The highest BCUT2D eigenvalue weighted by atomic mass is 35.5. The van der Waals surface area contributed by atoms with E-state index in [9.17, 15) is 24.5 Å². The van der Waals surface area contributed by atoms with E-state index in [2.05, 4.69) is 5.32 Å². The van der Waals surface area contributed by atoms with E-state index in [0.717, 1.165) is 11.5 Å². The van der Waals surface area contributed by atoms with Crippen LogP contribution in [-0.4, -0.2) is 30.5 Å². The summed E-state index contributed by atoms with van der Waals surface area (Å²) < 4.78 is 15.4. The van der Waals surface area contributed by atoms with Crippen molar-refractivity contribution < 1.29 is 28.4 Å². The molecule has 1 N–H and O–H groups in total. The Bertz CT molecular complexity index is 1300. The van der Waals surface area contributed by atoms with Gasteiger partial charge in [0.25, 0.3) is 11.6 Å². The average Bonchev–Trinajstić information content (AvgIpc) is 2.78. The number of anilines is 1. The molecule has 0 radical (unpaired) electrons. The quantitative estimate of drug-likeness (QED) is 0.225. The van der Waals surface area contributed by atoms with E-state index in [1.165, 1.54) is 19.2 Å². The minimum atomic E-state index is -0.694. The smallest absolute Gasteiger partial charge is 0.339 e. The molecule has 172 valence electrons. The largest absolute Gasteiger partial charge is 0.497 e. The van der Waals surface area contributed by atoms with Gasteiger partial charge in [0.15, 0.2) is 6.61 Å². The first-order chi connectivity index (χ1) is 15.7. The van der Waals surface area contributed by atoms with Crippen molar-refractivity contribution in [3.05, 3.63) is 73.1 Å². The molecule has 11 heteroatoms. The molecule has 10 nitrogen and oxygen atoms in total. The first-order valence-electron chi connectivity index (χ1n) is 9.69. The highest BCUT2D eigenvalue weighted by Crippen LogP contribution is 2.27. The molecule has 0 unspecified atom stereocenters. The van der Waals surface area contributed by atoms with Crippen LogP contribution in [0.2, 0.25) is 5.02 Å². The summed E-state index contributed by atoms with van der Waals surface area (Å²) in [6.45, 7) is 1.16. The standard InChI is InChI=1S/C22H19ClN2O8/c1-12-15-5-4-14(31-2)10-19(15)33-22(28)16(12)6-8-21(27)32-11-20(26)24-13-3-7-17(23)18(9-13)25(29)30/h3-5,7,9-10H,6,8,11H2,1-2H3,(H,24,26). The third-order valence-corrected chi connectivity index (χ3v) is 5.18. The lowest BCUT2D eigenvalue weighted by Gasteiger charge is -2.09. The molecule has 1 amide bonds. The van der Waals surface area contributed by atoms with Gasteiger partial charge in [0.05, 0.1) is 12.0 Å². The Labute approximate surface area is 192 Å². The Balaban J connectivity index is 1.58. The summed E-state index contributed by atoms with van der Waals surface area (Å²) in [6.07, 6.45) is -0.0765. The number of hydrogen-bond donors (Lipinski definition) is 1. The molecule has 0 aliphatic rings. The van der Waals surface area contributed by atoms with Crippen LogP contribution in [0.5, 0.6) is 5.75 Å². The lowest BCUT2D eigenvalue weighted by Crippen LogP contribution is -2.21. The van der Waals surface area contributed by atoms with Crippen LogP contribution >= 0.6 is 11.6 Å². The Morgan fingerprint density at radius 3 is 2.67 bits per heavy atom. The van der Waals surface area contributed by atoms with Crippen molar-refractivity contribution in [3.63, 3.8) is 0 Å². The number of carbonyl (C=O) groups excluding carboxylic acids is 2. The molecule has 0 saturated heterocycles. The summed E-state index contributed by atoms with van der Waals surface area (Å²) in [5, 5.41) is 13.9. The molecule has 33 heavy (non-hydrogen) atoms. The van der Waals surface area contributed by atoms with Gasteiger partial charge in [-0.25, -0.2) is 4.79 Å². The molecule has 3 rings (SSSR count). The van der Waals surface area contributed by atoms with E-state index in [4.69, 9.17) is 25.5 Å². The Morgan fingerprint density at radius 2 is 1.97 bits per heavy atom. The van der Waals surface area contributed by atoms with Gasteiger partial charge >= 0.3 is 11.6 Å². The molecule has 0 aliphatic carbocycles. The lowest BCUT2D eigenvalue weighted by molar-refractivity contribution is -0.384. The molecule has 1 aromatic heterocycles. The maximum atomic E-state index is 12.4. The number of nitrogens with zero attached hydrogens (tertiary/aromatic N) is 1. The highest BCUT2D eigenvalue weighted by Gasteiger charge is 2.16. The van der Waals surface area contributed by atoms with Gasteiger partial charge in [0, 0.05) is 35.2 Å². The zero-order chi connectivity index (χ0) is 24.1. The summed E-state index contributed by atoms with van der Waals surface area (Å²) in [4.78, 5) is 46.7. The number of fused-ring (bicyclic) bond motifs is 1. The van der Waals surface area contributed by atoms with E-state index < -0.39 is 29.0 Å². The van der Waals surface area contributed by atoms with E-state index in [0.29, 0.717) is 22.5 Å². The van der Waals surface area contributed by atoms with Crippen molar-refractivity contribution in [2.45, 2.75) is 19.8 Å². The number of benzene rings is 2. The van der Waals surface area contributed by atoms with Crippen molar-refractivity contribution in [3.8, 4) is 5.75 Å². The van der Waals surface area contributed by atoms with Crippen LogP contribution in [0.3, 0.4) is 0 Å². The molecular weight excluding hydrogens is 456 g/mol. The van der Waals surface area contributed by atoms with Crippen LogP contribution in [-0.2, 0) is 20.7 Å². The molecule has 0 spiro atoms. The molecule has 0 fully saturated rings. The van der Waals surface area contributed by atoms with Crippen LogP contribution in [0.15, 0.2) is 45.6 Å². The number of esters is 1. The van der Waals surface area contributed by atoms with Crippen molar-refractivity contribution >= 4 is 45.8 Å². The van der Waals surface area contributed by atoms with Crippen molar-refractivity contribution in [2.75, 3.05) is 19.0 Å². The van der Waals surface area contributed by atoms with Gasteiger partial charge in [0.2, 0.25) is 0 Å². The van der Waals surface area contributed by atoms with Gasteiger partial charge in [-0.05, 0) is 43.2 Å². The monoisotopic (exact) mass is 474 g/mol. The van der Waals surface area contributed by atoms with Crippen molar-refractivity contribution in [1.29, 1.82) is 0 Å². The number of ether oxygens (including phenoxy) is 2. The van der Waals surface area contributed by atoms with Crippen LogP contribution < -0.4 is 15.7 Å². The molecule has 2 aromatic carbocycles. The number of nitro benzene ring substituents is 1. The maximum Gasteiger partial charge on any atom is 0.339 e. The number of nitro groups is 1. The Hall–Kier alpha value is -3.92. The van der Waals surface area contributed by atoms with E-state index >= 15 is 0 Å². The number of methoxy groups -OCH3 is 1. The maximum absolute atomic E-state index is 12.4. The summed E-state index contributed by atoms with van der Waals surface area (Å²) >= 11 is 5.73. The molecular formula is C22H19ClN2O8. The van der Waals surface area contributed by atoms with Gasteiger partial charge in [-0.1, -0.05) is 11.6 Å². The fourth-order valence-electron chi connectivity index (χ4n) is 3.16. The minimum Gasteiger partial charge on any atom is -0.497 e. The molecule has 1 heterocycles. The second kappa shape index (κ2) is 10.1. The molecule has 3 aromatic rings. The molecule has 0 atom stereocenters. The molecule has 0 bridgehead atoms. The van der Waals surface area contributed by atoms with Crippen LogP contribution in [0.4, 0.5) is 11.4 Å². The van der Waals surface area contributed by atoms with Gasteiger partial charge in [-0.15, -0.1) is 0 Å². The first kappa shape index (κ1) is 23.7. The number of halogens is 1. The highest BCUT2D eigenvalue weighted by molar-refractivity contribution is 6.32. The predicted octanol–water partition coefficient (Wildman–Crippen LogP) is 3.79. The predicted molar refractivity (Wildman–Crippen MR) is 120 cm³/mol. The number of aryl methyl sites for hydroxylation is 1. The van der Waals surface area contributed by atoms with E-state index in [1.54, 1.807) is 25.1 Å². The normalized spacial score (nSPS) is 10.6. The van der Waals surface area contributed by atoms with Gasteiger partial charge in [0.1, 0.15) is 16.4 Å². The zero-order valence-corrected chi connectivity index (χ0v) is 18.4. The Morgan fingerprint density at radius 1 is 1.21 bits per heavy atom. The van der Waals surface area contributed by atoms with Crippen molar-refractivity contribution in [1.82, 2.24) is 0 Å². The topological polar surface area (TPSA) is 138 Å². The zero-order valence-electron chi connectivity index (χ0n) is 17.7. The third kappa shape index (κ3) is 5.66. The van der Waals surface area contributed by atoms with E-state index in [-0.39, 0.29) is 29.2 Å². The summed E-state index contributed by atoms with van der Waals surface area (Å²) in [5.74, 6) is -0.830. The van der Waals surface area contributed by atoms with Crippen LogP contribution in [0.25, 0.3) is 11.0 Å². The Kier molecular flexibility index (Phi) is 7.29. The van der Waals surface area contributed by atoms with Crippen LogP contribution in [0.1, 0.15) is 17.5 Å². The second-order valence-corrected chi connectivity index (χ2v) is 7.39. The number of carbonyl (C=O) groups is 2. The van der Waals surface area contributed by atoms with Gasteiger partial charge < -0.3 is 19.2 Å². The van der Waals surface area contributed by atoms with E-state index in [1.807, 2.05) is 0 Å². The van der Waals surface area contributed by atoms with Gasteiger partial charge in [-0.2, -0.15) is 0 Å². The average molecular weight is 475 g/mol. The minimum absolute atomic E-state index is 0.0694. The number of amides is 1. The summed E-state index contributed by atoms with van der Waals surface area (Å²) in [6, 6.07) is 8.86. The fourth-order valence-corrected chi connectivity index (χ4v) is 3.35. The number of nitrogens with one attached hydrogen (secondary N) is 1. The molecule has 0 saturated carbocycles. The number of hydrogen-bond acceptors (Lipinski definition) is 8. The number of rotatable bonds is 8. The fraction of sp³-hybridized carbons (Fsp3) is 0.227. The molecule has 0 aliphatic heterocycles. The summed E-state index contributed by atoms with van der Waals surface area (Å²) in [5.41, 5.74) is 0.592. The summed E-state index contributed by atoms with van der Waals surface area (Å²) in [7, 11) is 1.51. The van der Waals surface area contributed by atoms with Gasteiger partial charge in [-0.3, -0.25) is 19.7 Å². The van der Waals surface area contributed by atoms with Crippen LogP contribution in [0, 0.1) is 17.0 Å². The second-order valence-electron chi connectivity index (χ2n) is 6.99. The van der Waals surface area contributed by atoms with Crippen molar-refractivity contribution in [2.24, 2.45) is 0 Å². The third-order valence-electron chi connectivity index (χ3n) is 4.86. The SMILES string of the molecule is COc1ccc2c(C)c(CCC(=O)OCC(=O)Nc3ccc(Cl)c([N+](=O)[O-])c3)c(=O)oc2c1. The lowest BCUT2D eigenvalue weighted by atomic mass is 10.0. The first-order valence-corrected chi connectivity index (χ1v) is 10.1.